The minimum absolute atomic E-state index is 0.00989. The Kier molecular flexibility index (Phi) is 13.0. The number of fused-ring (bicyclic) bond motifs is 7. The number of aliphatic hydroxyl groups is 5. The van der Waals surface area contributed by atoms with Crippen LogP contribution < -0.4 is 0 Å². The van der Waals surface area contributed by atoms with Gasteiger partial charge < -0.3 is 72.6 Å². The lowest BCUT2D eigenvalue weighted by atomic mass is 9.47. The second-order valence-corrected chi connectivity index (χ2v) is 21.7. The second kappa shape index (κ2) is 18.1. The summed E-state index contributed by atoms with van der Waals surface area (Å²) in [5.74, 6) is 2.09. The molecule has 8 fully saturated rings. The molecular weight excluding hydrogens is 845 g/mol. The van der Waals surface area contributed by atoms with Crippen LogP contribution in [0.5, 0.6) is 0 Å². The number of hydrogen-bond donors (Lipinski definition) is 5. The number of carbonyl (C=O) groups excluding carboxylic acids is 1. The number of hydrogen-bond acceptors (Lipinski definition) is 16. The molecule has 9 aliphatic rings. The van der Waals surface area contributed by atoms with Gasteiger partial charge in [0.25, 0.3) is 0 Å². The van der Waals surface area contributed by atoms with E-state index in [1.165, 1.54) is 30.7 Å². The van der Waals surface area contributed by atoms with Crippen molar-refractivity contribution in [3.63, 3.8) is 0 Å². The van der Waals surface area contributed by atoms with Crippen LogP contribution in [0.4, 0.5) is 0 Å². The predicted molar refractivity (Wildman–Crippen MR) is 227 cm³/mol. The molecule has 0 radical (unpaired) electrons. The second-order valence-electron chi connectivity index (χ2n) is 21.7. The molecule has 1 spiro atoms. The first-order valence-electron chi connectivity index (χ1n) is 24.6. The third-order valence-corrected chi connectivity index (χ3v) is 18.0. The van der Waals surface area contributed by atoms with E-state index in [2.05, 4.69) is 33.8 Å². The summed E-state index contributed by atoms with van der Waals surface area (Å²) in [4.78, 5) is 12.4. The zero-order chi connectivity index (χ0) is 45.6. The van der Waals surface area contributed by atoms with E-state index >= 15 is 0 Å². The monoisotopic (exact) mass is 916 g/mol. The first-order chi connectivity index (χ1) is 31.1. The molecule has 5 N–H and O–H groups in total. The maximum atomic E-state index is 12.4. The molecule has 0 amide bonds. The summed E-state index contributed by atoms with van der Waals surface area (Å²) in [5, 5.41) is 54.7. The van der Waals surface area contributed by atoms with Crippen LogP contribution in [0, 0.1) is 46.3 Å². The van der Waals surface area contributed by atoms with Crippen LogP contribution in [0.15, 0.2) is 34.5 Å². The van der Waals surface area contributed by atoms with Crippen LogP contribution in [0.3, 0.4) is 0 Å². The van der Waals surface area contributed by atoms with Gasteiger partial charge in [0.05, 0.1) is 50.0 Å². The van der Waals surface area contributed by atoms with E-state index in [4.69, 9.17) is 47.0 Å². The fourth-order valence-electron chi connectivity index (χ4n) is 14.4. The Balaban J connectivity index is 0.818. The predicted octanol–water partition coefficient (Wildman–Crippen LogP) is 4.37. The quantitative estimate of drug-likeness (QED) is 0.163. The fraction of sp³-hybridized carbons (Fsp3) is 0.857. The molecule has 364 valence electrons. The number of aliphatic hydroxyl groups excluding tert-OH is 5. The van der Waals surface area contributed by atoms with Crippen molar-refractivity contribution < 1.29 is 77.4 Å². The van der Waals surface area contributed by atoms with Gasteiger partial charge in [-0.15, -0.1) is 0 Å². The van der Waals surface area contributed by atoms with Crippen LogP contribution in [-0.2, 0) is 42.6 Å². The Morgan fingerprint density at radius 1 is 0.846 bits per heavy atom. The molecule has 5 aliphatic heterocycles. The first kappa shape index (κ1) is 46.7. The van der Waals surface area contributed by atoms with Crippen LogP contribution >= 0.6 is 0 Å². The van der Waals surface area contributed by atoms with Crippen LogP contribution in [0.1, 0.15) is 116 Å². The van der Waals surface area contributed by atoms with E-state index in [1.54, 1.807) is 13.0 Å². The van der Waals surface area contributed by atoms with Gasteiger partial charge in [-0.3, -0.25) is 0 Å². The molecule has 16 nitrogen and oxygen atoms in total. The minimum Gasteiger partial charge on any atom is -0.457 e. The molecule has 1 aromatic rings. The van der Waals surface area contributed by atoms with Crippen LogP contribution in [-0.4, -0.2) is 143 Å². The van der Waals surface area contributed by atoms with E-state index in [0.29, 0.717) is 41.9 Å². The number of ether oxygens (including phenoxy) is 9. The number of carbonyl (C=O) groups is 1. The highest BCUT2D eigenvalue weighted by atomic mass is 16.8. The topological polar surface area (TPSA) is 214 Å². The summed E-state index contributed by atoms with van der Waals surface area (Å²) in [6, 6.07) is 3.02. The average Bonchev–Trinajstić information content (AvgIpc) is 4.07. The summed E-state index contributed by atoms with van der Waals surface area (Å²) < 4.78 is 61.7. The highest BCUT2D eigenvalue weighted by Gasteiger charge is 2.69. The maximum absolute atomic E-state index is 12.4. The Bertz CT molecular complexity index is 1840. The van der Waals surface area contributed by atoms with Crippen molar-refractivity contribution in [3.8, 4) is 0 Å². The van der Waals surface area contributed by atoms with Crippen molar-refractivity contribution in [1.82, 2.24) is 0 Å². The van der Waals surface area contributed by atoms with Gasteiger partial charge >= 0.3 is 5.97 Å². The van der Waals surface area contributed by atoms with Gasteiger partial charge in [0.15, 0.2) is 24.7 Å². The number of furan rings is 1. The van der Waals surface area contributed by atoms with Crippen molar-refractivity contribution in [2.24, 2.45) is 46.3 Å². The molecule has 65 heavy (non-hydrogen) atoms. The molecule has 0 bridgehead atoms. The van der Waals surface area contributed by atoms with Crippen molar-refractivity contribution in [3.05, 3.63) is 35.8 Å². The lowest BCUT2D eigenvalue weighted by Crippen LogP contribution is -2.63. The van der Waals surface area contributed by atoms with Gasteiger partial charge in [-0.25, -0.2) is 4.79 Å². The minimum atomic E-state index is -1.45. The zero-order valence-electron chi connectivity index (χ0n) is 38.5. The fourth-order valence-corrected chi connectivity index (χ4v) is 14.4. The van der Waals surface area contributed by atoms with Gasteiger partial charge in [0.2, 0.25) is 5.76 Å². The van der Waals surface area contributed by atoms with E-state index in [1.807, 2.05) is 0 Å². The SMILES string of the molecule is C[C@@H]1CC[C@@]2(OC1)OC1CC3C4CC=C5C[C@@H](O[C@@H]6O[C@H](CO)C(O[C@H]7C[C@@H](O)[C@H](COC(=O)c8ccco8)O7)[C@H](O)C6O[C@H]6C[C@H](O)[C@@H](O)[C@H](C)O6)CC[C@]5(C)C4CC[C@]3(C)C1[C@@H]2C. The van der Waals surface area contributed by atoms with E-state index in [-0.39, 0.29) is 48.2 Å². The summed E-state index contributed by atoms with van der Waals surface area (Å²) in [7, 11) is 0. The first-order valence-corrected chi connectivity index (χ1v) is 24.6. The third-order valence-electron chi connectivity index (χ3n) is 18.0. The van der Waals surface area contributed by atoms with Gasteiger partial charge in [-0.2, -0.15) is 0 Å². The highest BCUT2D eigenvalue weighted by Crippen LogP contribution is 2.70. The van der Waals surface area contributed by atoms with E-state index < -0.39 is 92.2 Å². The molecular formula is C49H72O16. The molecule has 5 saturated heterocycles. The maximum Gasteiger partial charge on any atom is 0.374 e. The Morgan fingerprint density at radius 2 is 1.63 bits per heavy atom. The highest BCUT2D eigenvalue weighted by molar-refractivity contribution is 5.86. The smallest absolute Gasteiger partial charge is 0.374 e. The molecule has 7 unspecified atom stereocenters. The van der Waals surface area contributed by atoms with Crippen molar-refractivity contribution in [2.75, 3.05) is 19.8 Å². The lowest BCUT2D eigenvalue weighted by Gasteiger charge is -2.58. The van der Waals surface area contributed by atoms with Crippen LogP contribution in [0.25, 0.3) is 0 Å². The van der Waals surface area contributed by atoms with Gasteiger partial charge in [-0.1, -0.05) is 39.3 Å². The number of allylic oxidation sites excluding steroid dienone is 1. The summed E-state index contributed by atoms with van der Waals surface area (Å²) in [6.07, 6.45) is -0.376. The van der Waals surface area contributed by atoms with E-state index in [0.717, 1.165) is 45.1 Å². The third kappa shape index (κ3) is 8.29. The Morgan fingerprint density at radius 3 is 2.37 bits per heavy atom. The summed E-state index contributed by atoms with van der Waals surface area (Å²) in [6.45, 7) is 11.3. The largest absolute Gasteiger partial charge is 0.457 e. The molecule has 6 heterocycles. The summed E-state index contributed by atoms with van der Waals surface area (Å²) >= 11 is 0. The van der Waals surface area contributed by atoms with Crippen molar-refractivity contribution in [2.45, 2.75) is 197 Å². The van der Waals surface area contributed by atoms with Crippen molar-refractivity contribution in [1.29, 1.82) is 0 Å². The zero-order valence-corrected chi connectivity index (χ0v) is 38.5. The molecule has 10 rings (SSSR count). The molecule has 4 aliphatic carbocycles. The summed E-state index contributed by atoms with van der Waals surface area (Å²) in [5.41, 5.74) is 1.65. The molecule has 23 atom stereocenters. The van der Waals surface area contributed by atoms with Crippen molar-refractivity contribution >= 4 is 5.97 Å². The van der Waals surface area contributed by atoms with Gasteiger partial charge in [0, 0.05) is 25.2 Å². The van der Waals surface area contributed by atoms with E-state index in [9.17, 15) is 30.3 Å². The van der Waals surface area contributed by atoms with Gasteiger partial charge in [0.1, 0.15) is 43.2 Å². The normalized spacial score (nSPS) is 51.8. The molecule has 3 saturated carbocycles. The Labute approximate surface area is 381 Å². The molecule has 0 aromatic carbocycles. The average molecular weight is 917 g/mol. The number of esters is 1. The number of rotatable bonds is 10. The standard InChI is InChI=1S/C49H72O16/c1-24-10-15-49(58-22-24)25(2)40-35(65-49)18-31-29-9-8-27-17-28(11-13-47(27,4)30(29)12-14-48(31,40)5)60-46-44(64-38-20-33(52)41(53)26(3)59-38)42(54)43(36(21-50)62-46)63-39-19-32(51)37(61-39)23-57-45(55)34-7-6-16-56-34/h6-8,16,24-26,28-33,35-44,46,50-54H,9-15,17-23H2,1-5H3/t24-,25+,26+,28+,29?,30?,31?,32-,33+,35?,36-,37+,38+,39+,40?,41+,42+,43?,44?,46-,47+,48+,49-/m1/s1. The van der Waals surface area contributed by atoms with Crippen LogP contribution in [0.2, 0.25) is 0 Å². The molecule has 16 heteroatoms. The van der Waals surface area contributed by atoms with Gasteiger partial charge in [-0.05, 0) is 111 Å². The molecule has 1 aromatic heterocycles. The lowest BCUT2D eigenvalue weighted by molar-refractivity contribution is -0.367. The Hall–Kier alpha value is -2.03.